The van der Waals surface area contributed by atoms with Crippen molar-refractivity contribution in [2.24, 2.45) is 11.5 Å². The summed E-state index contributed by atoms with van der Waals surface area (Å²) in [4.78, 5) is 0. The molecule has 0 radical (unpaired) electrons. The molecule has 0 aliphatic carbocycles. The van der Waals surface area contributed by atoms with Gasteiger partial charge < -0.3 is 143 Å². The van der Waals surface area contributed by atoms with Crippen molar-refractivity contribution in [3.63, 3.8) is 0 Å². The summed E-state index contributed by atoms with van der Waals surface area (Å²) in [5.41, 5.74) is 18.5. The minimum atomic E-state index is -4.20. The Morgan fingerprint density at radius 2 is 0.714 bits per heavy atom. The molecule has 4 saturated heterocycles. The van der Waals surface area contributed by atoms with Crippen LogP contribution >= 0.6 is 0 Å². The topological polar surface area (TPSA) is 514 Å². The lowest BCUT2D eigenvalue weighted by molar-refractivity contribution is -0.300. The van der Waals surface area contributed by atoms with Gasteiger partial charge in [0.05, 0.1) is 56.5 Å². The van der Waals surface area contributed by atoms with Crippen molar-refractivity contribution in [1.29, 1.82) is 0 Å². The van der Waals surface area contributed by atoms with Crippen molar-refractivity contribution in [2.75, 3.05) is 135 Å². The molecule has 576 valence electrons. The summed E-state index contributed by atoms with van der Waals surface area (Å²) in [5.74, 6) is 1.19. The molecule has 2 aromatic rings. The summed E-state index contributed by atoms with van der Waals surface area (Å²) in [6.45, 7) is 9.77. The van der Waals surface area contributed by atoms with E-state index in [1.54, 1.807) is 14.2 Å². The third-order valence-electron chi connectivity index (χ3n) is 16.0. The second-order valence-electron chi connectivity index (χ2n) is 22.9. The first kappa shape index (κ1) is 92.8. The summed E-state index contributed by atoms with van der Waals surface area (Å²) < 4.78 is 143. The van der Waals surface area contributed by atoms with Crippen molar-refractivity contribution >= 4 is 20.2 Å². The van der Waals surface area contributed by atoms with Gasteiger partial charge in [0.15, 0.2) is 25.2 Å². The van der Waals surface area contributed by atoms with E-state index < -0.39 is 149 Å². The van der Waals surface area contributed by atoms with Gasteiger partial charge in [0.1, 0.15) is 109 Å². The maximum atomic E-state index is 10.5. The maximum absolute atomic E-state index is 10.5. The zero-order valence-electron chi connectivity index (χ0n) is 58.6. The molecule has 15 N–H and O–H groups in total. The Morgan fingerprint density at radius 1 is 0.429 bits per heavy atom. The Balaban J connectivity index is 0.000000597. The van der Waals surface area contributed by atoms with Crippen molar-refractivity contribution in [2.45, 2.75) is 189 Å². The van der Waals surface area contributed by atoms with E-state index in [0.717, 1.165) is 24.3 Å². The summed E-state index contributed by atoms with van der Waals surface area (Å²) in [7, 11) is 6.16. The van der Waals surface area contributed by atoms with Crippen molar-refractivity contribution < 1.29 is 153 Å². The zero-order chi connectivity index (χ0) is 74.6. The zero-order valence-corrected chi connectivity index (χ0v) is 60.3. The van der Waals surface area contributed by atoms with Crippen LogP contribution in [0, 0.1) is 27.7 Å². The fourth-order valence-corrected chi connectivity index (χ4v) is 11.5. The van der Waals surface area contributed by atoms with Crippen LogP contribution in [0.4, 0.5) is 0 Å². The van der Waals surface area contributed by atoms with Gasteiger partial charge in [-0.2, -0.15) is 8.42 Å². The van der Waals surface area contributed by atoms with Crippen LogP contribution in [0.1, 0.15) is 59.1 Å². The van der Waals surface area contributed by atoms with E-state index in [0.29, 0.717) is 25.9 Å². The number of hydrogen-bond donors (Lipinski definition) is 13. The predicted molar refractivity (Wildman–Crippen MR) is 350 cm³/mol. The van der Waals surface area contributed by atoms with E-state index in [-0.39, 0.29) is 58.2 Å². The Hall–Kier alpha value is -3.18. The molecule has 0 spiro atoms. The quantitative estimate of drug-likeness (QED) is 0.0274. The lowest BCUT2D eigenvalue weighted by Crippen LogP contribution is -2.59. The van der Waals surface area contributed by atoms with Gasteiger partial charge in [-0.05, 0) is 125 Å². The van der Waals surface area contributed by atoms with Crippen molar-refractivity contribution in [1.82, 2.24) is 0 Å². The first-order chi connectivity index (χ1) is 46.3. The van der Waals surface area contributed by atoms with Gasteiger partial charge in [0.2, 0.25) is 0 Å². The van der Waals surface area contributed by atoms with Crippen LogP contribution in [0.25, 0.3) is 0 Å². The summed E-state index contributed by atoms with van der Waals surface area (Å²) >= 11 is 0. The fourth-order valence-electron chi connectivity index (χ4n) is 10.3. The maximum Gasteiger partial charge on any atom is 0.264 e. The highest BCUT2D eigenvalue weighted by Gasteiger charge is 2.48. The fraction of sp³-hybridized carbons (Fsp3) is 0.806. The molecule has 0 aromatic heterocycles. The van der Waals surface area contributed by atoms with Crippen LogP contribution in [-0.2, 0) is 99.4 Å². The van der Waals surface area contributed by atoms with E-state index in [9.17, 15) is 62.2 Å². The number of methoxy groups -OCH3 is 10. The van der Waals surface area contributed by atoms with Crippen molar-refractivity contribution in [3.8, 4) is 11.5 Å². The van der Waals surface area contributed by atoms with E-state index in [4.69, 9.17) is 102 Å². The second kappa shape index (κ2) is 48.7. The molecular formula is C62H113N2O32S2-. The molecule has 20 unspecified atom stereocenters. The summed E-state index contributed by atoms with van der Waals surface area (Å²) in [6, 6.07) is 8.47. The van der Waals surface area contributed by atoms with E-state index in [2.05, 4.69) is 52.0 Å². The van der Waals surface area contributed by atoms with Crippen LogP contribution in [0.5, 0.6) is 11.5 Å². The number of aliphatic hydroxyl groups is 10. The van der Waals surface area contributed by atoms with Gasteiger partial charge >= 0.3 is 0 Å². The van der Waals surface area contributed by atoms with Gasteiger partial charge in [-0.25, -0.2) is 8.42 Å². The third kappa shape index (κ3) is 31.0. The first-order valence-electron chi connectivity index (χ1n) is 31.5. The average molecular weight is 1460 g/mol. The molecule has 36 heteroatoms. The average Bonchev–Trinajstić information content (AvgIpc) is 0.837. The molecule has 4 aliphatic heterocycles. The molecule has 34 nitrogen and oxygen atoms in total. The minimum absolute atomic E-state index is 0.0757. The molecule has 4 fully saturated rings. The minimum Gasteiger partial charge on any atom is -0.748 e. The third-order valence-corrected chi connectivity index (χ3v) is 17.6. The van der Waals surface area contributed by atoms with Crippen LogP contribution in [0.2, 0.25) is 0 Å². The summed E-state index contributed by atoms with van der Waals surface area (Å²) in [6.07, 6.45) is -15.8. The lowest BCUT2D eigenvalue weighted by Gasteiger charge is -2.41. The van der Waals surface area contributed by atoms with Crippen LogP contribution in [0.3, 0.4) is 0 Å². The number of aryl methyl sites for hydroxylation is 2. The summed E-state index contributed by atoms with van der Waals surface area (Å²) in [5, 5.41) is 95.5. The van der Waals surface area contributed by atoms with E-state index >= 15 is 0 Å². The number of rotatable bonds is 30. The number of unbranched alkanes of at least 4 members (excludes halogenated alkanes) is 2. The highest BCUT2D eigenvalue weighted by molar-refractivity contribution is 7.85. The monoisotopic (exact) mass is 1460 g/mol. The second-order valence-corrected chi connectivity index (χ2v) is 26.0. The number of benzene rings is 2. The van der Waals surface area contributed by atoms with Crippen LogP contribution in [0.15, 0.2) is 24.3 Å². The Bertz CT molecular complexity index is 2490. The molecule has 6 rings (SSSR count). The highest BCUT2D eigenvalue weighted by Crippen LogP contribution is 2.29. The molecule has 4 aliphatic rings. The van der Waals surface area contributed by atoms with Gasteiger partial charge in [0.25, 0.3) is 10.1 Å². The molecule has 20 atom stereocenters. The number of hydrogen-bond acceptors (Lipinski definition) is 33. The molecule has 0 saturated carbocycles. The molecular weight excluding hydrogens is 1350 g/mol. The number of nitrogens with two attached hydrogens (primary N) is 2. The molecule has 0 amide bonds. The molecule has 0 bridgehead atoms. The standard InChI is InChI=1S/2C12H24O9S.2C11H17NO.2C8H16O6/c2*1-18-11-8(21-12(19-2)10(14)9(11)13)7-20-5-3-4-6-22(15,16)17;2*1-8-6-10(4-5-12)7-11(13-3)9(8)2;2*1-12-7-4(3-9)14-8(13-2)6(11)5(7)10/h2*8-14H,3-7H2,1-2H3,(H,15,16,17);2*6-7H,4-5,12H2,1-3H3;2*4-11H,3H2,1-2H3/p-1. The molecule has 2 aromatic carbocycles. The van der Waals surface area contributed by atoms with Crippen LogP contribution < -0.4 is 20.9 Å². The van der Waals surface area contributed by atoms with Crippen LogP contribution in [-0.4, -0.2) is 335 Å². The predicted octanol–water partition coefficient (Wildman–Crippen LogP) is -2.98. The SMILES string of the molecule is COC1OC(CO)C(OC)C(O)C1O.COC1OC(CO)C(OC)C(O)C1O.COC1OC(COCCCCS(=O)(=O)O)C(OC)C(O)C1O.COC1OC(COCCCCS(=O)(=O)[O-])C(OC)C(O)C1O.COc1cc(CCN)cc(C)c1C.COc1cc(CCN)cc(C)c1C. The van der Waals surface area contributed by atoms with Crippen molar-refractivity contribution in [3.05, 3.63) is 57.6 Å². The largest absolute Gasteiger partial charge is 0.748 e. The van der Waals surface area contributed by atoms with Gasteiger partial charge in [-0.3, -0.25) is 4.55 Å². The van der Waals surface area contributed by atoms with Gasteiger partial charge in [0, 0.05) is 75.8 Å². The first-order valence-corrected chi connectivity index (χ1v) is 34.7. The number of ether oxygens (including phenoxy) is 16. The van der Waals surface area contributed by atoms with E-state index in [1.807, 2.05) is 0 Å². The highest BCUT2D eigenvalue weighted by atomic mass is 32.2. The number of aliphatic hydroxyl groups excluding tert-OH is 10. The smallest absolute Gasteiger partial charge is 0.264 e. The lowest BCUT2D eigenvalue weighted by atomic mass is 9.99. The van der Waals surface area contributed by atoms with Gasteiger partial charge in [-0.1, -0.05) is 12.1 Å². The van der Waals surface area contributed by atoms with Gasteiger partial charge in [-0.15, -0.1) is 0 Å². The van der Waals surface area contributed by atoms with E-state index in [1.165, 1.54) is 90.3 Å². The normalized spacial score (nSPS) is 30.1. The molecule has 98 heavy (non-hydrogen) atoms. The Labute approximate surface area is 575 Å². The Kier molecular flexibility index (Phi) is 46.1. The Morgan fingerprint density at radius 3 is 0.959 bits per heavy atom. The molecule has 4 heterocycles.